The van der Waals surface area contributed by atoms with Gasteiger partial charge in [-0.3, -0.25) is 0 Å². The van der Waals surface area contributed by atoms with E-state index in [4.69, 9.17) is 9.94 Å². The number of ether oxygens (including phenoxy) is 1. The fourth-order valence-corrected chi connectivity index (χ4v) is 2.44. The SMILES string of the molecule is CC(=NO)c1cccc(OCC2(O)CCCCC2)c1. The minimum absolute atomic E-state index is 0.325. The molecule has 2 N–H and O–H groups in total. The Hall–Kier alpha value is -1.55. The van der Waals surface area contributed by atoms with Gasteiger partial charge in [0.1, 0.15) is 12.4 Å². The zero-order valence-electron chi connectivity index (χ0n) is 11.3. The van der Waals surface area contributed by atoms with Crippen molar-refractivity contribution in [3.63, 3.8) is 0 Å². The van der Waals surface area contributed by atoms with Crippen molar-refractivity contribution in [1.82, 2.24) is 0 Å². The van der Waals surface area contributed by atoms with Crippen LogP contribution in [0.1, 0.15) is 44.6 Å². The van der Waals surface area contributed by atoms with E-state index in [1.165, 1.54) is 6.42 Å². The summed E-state index contributed by atoms with van der Waals surface area (Å²) in [6.07, 6.45) is 4.95. The fraction of sp³-hybridized carbons (Fsp3) is 0.533. The molecule has 0 heterocycles. The van der Waals surface area contributed by atoms with Crippen LogP contribution in [0, 0.1) is 0 Å². The predicted molar refractivity (Wildman–Crippen MR) is 74.0 cm³/mol. The number of benzene rings is 1. The molecule has 4 nitrogen and oxygen atoms in total. The Morgan fingerprint density at radius 3 is 2.74 bits per heavy atom. The molecule has 1 aliphatic rings. The van der Waals surface area contributed by atoms with Gasteiger partial charge >= 0.3 is 0 Å². The molecule has 0 spiro atoms. The van der Waals surface area contributed by atoms with E-state index in [0.29, 0.717) is 18.1 Å². The summed E-state index contributed by atoms with van der Waals surface area (Å²) in [6, 6.07) is 7.38. The number of oxime groups is 1. The predicted octanol–water partition coefficient (Wildman–Crippen LogP) is 2.96. The quantitative estimate of drug-likeness (QED) is 0.499. The van der Waals surface area contributed by atoms with Crippen LogP contribution >= 0.6 is 0 Å². The summed E-state index contributed by atoms with van der Waals surface area (Å²) in [7, 11) is 0. The molecule has 2 rings (SSSR count). The molecule has 104 valence electrons. The van der Waals surface area contributed by atoms with Crippen molar-refractivity contribution in [2.75, 3.05) is 6.61 Å². The molecule has 1 saturated carbocycles. The van der Waals surface area contributed by atoms with Gasteiger partial charge < -0.3 is 15.1 Å². The summed E-state index contributed by atoms with van der Waals surface area (Å²) in [5.41, 5.74) is 0.673. The van der Waals surface area contributed by atoms with Gasteiger partial charge in [0.15, 0.2) is 0 Å². The molecule has 0 radical (unpaired) electrons. The Labute approximate surface area is 113 Å². The zero-order chi connectivity index (χ0) is 13.7. The number of nitrogens with zero attached hydrogens (tertiary/aromatic N) is 1. The summed E-state index contributed by atoms with van der Waals surface area (Å²) in [5.74, 6) is 0.694. The number of hydrogen-bond donors (Lipinski definition) is 2. The highest BCUT2D eigenvalue weighted by Gasteiger charge is 2.29. The molecule has 0 bridgehead atoms. The molecule has 1 aromatic rings. The lowest BCUT2D eigenvalue weighted by Crippen LogP contribution is -2.37. The highest BCUT2D eigenvalue weighted by Crippen LogP contribution is 2.28. The Bertz CT molecular complexity index is 450. The third-order valence-corrected chi connectivity index (χ3v) is 3.69. The van der Waals surface area contributed by atoms with E-state index < -0.39 is 5.60 Å². The number of aliphatic hydroxyl groups is 1. The van der Waals surface area contributed by atoms with Crippen LogP contribution in [-0.2, 0) is 0 Å². The molecule has 1 aromatic carbocycles. The van der Waals surface area contributed by atoms with Crippen LogP contribution in [0.5, 0.6) is 5.75 Å². The van der Waals surface area contributed by atoms with E-state index in [1.54, 1.807) is 6.92 Å². The highest BCUT2D eigenvalue weighted by molar-refractivity contribution is 5.98. The third-order valence-electron chi connectivity index (χ3n) is 3.69. The molecule has 0 atom stereocenters. The normalized spacial score (nSPS) is 19.2. The Morgan fingerprint density at radius 2 is 2.05 bits per heavy atom. The minimum Gasteiger partial charge on any atom is -0.491 e. The average Bonchev–Trinajstić information content (AvgIpc) is 2.45. The smallest absolute Gasteiger partial charge is 0.120 e. The lowest BCUT2D eigenvalue weighted by atomic mass is 9.85. The summed E-state index contributed by atoms with van der Waals surface area (Å²) < 4.78 is 5.70. The first kappa shape index (κ1) is 13.9. The van der Waals surface area contributed by atoms with Crippen LogP contribution in [0.4, 0.5) is 0 Å². The van der Waals surface area contributed by atoms with E-state index in [0.717, 1.165) is 31.2 Å². The van der Waals surface area contributed by atoms with Gasteiger partial charge in [-0.25, -0.2) is 0 Å². The average molecular weight is 263 g/mol. The second kappa shape index (κ2) is 6.06. The van der Waals surface area contributed by atoms with Crippen molar-refractivity contribution in [1.29, 1.82) is 0 Å². The molecule has 19 heavy (non-hydrogen) atoms. The summed E-state index contributed by atoms with van der Waals surface area (Å²) >= 11 is 0. The maximum Gasteiger partial charge on any atom is 0.120 e. The van der Waals surface area contributed by atoms with Gasteiger partial charge in [-0.05, 0) is 31.9 Å². The molecular formula is C15H21NO3. The molecule has 0 amide bonds. The van der Waals surface area contributed by atoms with Crippen LogP contribution in [-0.4, -0.2) is 28.2 Å². The second-order valence-electron chi connectivity index (χ2n) is 5.29. The first-order valence-corrected chi connectivity index (χ1v) is 6.77. The summed E-state index contributed by atoms with van der Waals surface area (Å²) in [5, 5.41) is 22.3. The van der Waals surface area contributed by atoms with Crippen molar-refractivity contribution in [2.45, 2.75) is 44.6 Å². The maximum atomic E-state index is 10.4. The maximum absolute atomic E-state index is 10.4. The van der Waals surface area contributed by atoms with Gasteiger partial charge in [0.25, 0.3) is 0 Å². The topological polar surface area (TPSA) is 62.1 Å². The van der Waals surface area contributed by atoms with Gasteiger partial charge in [-0.15, -0.1) is 0 Å². The lowest BCUT2D eigenvalue weighted by Gasteiger charge is -2.31. The van der Waals surface area contributed by atoms with E-state index in [-0.39, 0.29) is 0 Å². The minimum atomic E-state index is -0.686. The monoisotopic (exact) mass is 263 g/mol. The van der Waals surface area contributed by atoms with Crippen LogP contribution in [0.15, 0.2) is 29.4 Å². The Kier molecular flexibility index (Phi) is 4.43. The van der Waals surface area contributed by atoms with Crippen molar-refractivity contribution < 1.29 is 15.1 Å². The van der Waals surface area contributed by atoms with Crippen LogP contribution in [0.25, 0.3) is 0 Å². The third kappa shape index (κ3) is 3.70. The van der Waals surface area contributed by atoms with Gasteiger partial charge in [-0.2, -0.15) is 0 Å². The summed E-state index contributed by atoms with van der Waals surface area (Å²) in [6.45, 7) is 2.06. The van der Waals surface area contributed by atoms with Gasteiger partial charge in [-0.1, -0.05) is 36.6 Å². The Balaban J connectivity index is 1.99. The number of hydrogen-bond acceptors (Lipinski definition) is 4. The van der Waals surface area contributed by atoms with E-state index in [2.05, 4.69) is 5.16 Å². The van der Waals surface area contributed by atoms with Gasteiger partial charge in [0.2, 0.25) is 0 Å². The van der Waals surface area contributed by atoms with E-state index in [1.807, 2.05) is 24.3 Å². The van der Waals surface area contributed by atoms with Crippen molar-refractivity contribution >= 4 is 5.71 Å². The highest BCUT2D eigenvalue weighted by atomic mass is 16.5. The molecule has 4 heteroatoms. The first-order valence-electron chi connectivity index (χ1n) is 6.77. The van der Waals surface area contributed by atoms with E-state index >= 15 is 0 Å². The van der Waals surface area contributed by atoms with Gasteiger partial charge in [0.05, 0.1) is 11.3 Å². The number of rotatable bonds is 4. The fourth-order valence-electron chi connectivity index (χ4n) is 2.44. The largest absolute Gasteiger partial charge is 0.491 e. The lowest BCUT2D eigenvalue weighted by molar-refractivity contribution is -0.0339. The summed E-state index contributed by atoms with van der Waals surface area (Å²) in [4.78, 5) is 0. The van der Waals surface area contributed by atoms with Crippen LogP contribution in [0.3, 0.4) is 0 Å². The van der Waals surface area contributed by atoms with Crippen molar-refractivity contribution in [3.05, 3.63) is 29.8 Å². The van der Waals surface area contributed by atoms with E-state index in [9.17, 15) is 5.11 Å². The molecular weight excluding hydrogens is 242 g/mol. The molecule has 1 fully saturated rings. The molecule has 0 aliphatic heterocycles. The molecule has 1 aliphatic carbocycles. The zero-order valence-corrected chi connectivity index (χ0v) is 11.3. The second-order valence-corrected chi connectivity index (χ2v) is 5.29. The van der Waals surface area contributed by atoms with Crippen LogP contribution < -0.4 is 4.74 Å². The Morgan fingerprint density at radius 1 is 1.32 bits per heavy atom. The van der Waals surface area contributed by atoms with Crippen LogP contribution in [0.2, 0.25) is 0 Å². The van der Waals surface area contributed by atoms with Crippen molar-refractivity contribution in [3.8, 4) is 5.75 Å². The molecule has 0 unspecified atom stereocenters. The molecule has 0 aromatic heterocycles. The first-order chi connectivity index (χ1) is 9.13. The van der Waals surface area contributed by atoms with Gasteiger partial charge in [0, 0.05) is 5.56 Å². The molecule has 0 saturated heterocycles. The van der Waals surface area contributed by atoms with Crippen molar-refractivity contribution in [2.24, 2.45) is 5.16 Å². The standard InChI is InChI=1S/C15H21NO3/c1-12(16-18)13-6-5-7-14(10-13)19-11-15(17)8-3-2-4-9-15/h5-7,10,17-18H,2-4,8-9,11H2,1H3.